The van der Waals surface area contributed by atoms with Crippen molar-refractivity contribution >= 4 is 0 Å². The van der Waals surface area contributed by atoms with E-state index in [1.54, 1.807) is 0 Å². The first kappa shape index (κ1) is 14.5. The zero-order valence-electron chi connectivity index (χ0n) is 11.0. The topological polar surface area (TPSA) is 48.4 Å². The minimum Gasteiger partial charge on any atom is -0.464 e. The van der Waals surface area contributed by atoms with Gasteiger partial charge in [-0.15, -0.1) is 13.2 Å². The molecule has 1 atom stereocenters. The molecule has 1 aromatic heterocycles. The second-order valence-electron chi connectivity index (χ2n) is 4.48. The summed E-state index contributed by atoms with van der Waals surface area (Å²) >= 11 is 0. The van der Waals surface area contributed by atoms with Gasteiger partial charge in [-0.25, -0.2) is 0 Å². The summed E-state index contributed by atoms with van der Waals surface area (Å²) in [6, 6.07) is 6.72. The van der Waals surface area contributed by atoms with Crippen LogP contribution in [0.15, 0.2) is 34.7 Å². The predicted molar refractivity (Wildman–Crippen MR) is 67.3 cm³/mol. The van der Waals surface area contributed by atoms with Gasteiger partial charge < -0.3 is 14.9 Å². The molecule has 0 fully saturated rings. The van der Waals surface area contributed by atoms with Crippen LogP contribution in [0.4, 0.5) is 13.2 Å². The smallest absolute Gasteiger partial charge is 0.464 e. The number of rotatable bonds is 3. The molecule has 0 radical (unpaired) electrons. The average molecular weight is 285 g/mol. The minimum atomic E-state index is -4.70. The van der Waals surface area contributed by atoms with Crippen molar-refractivity contribution in [2.45, 2.75) is 26.3 Å². The molecule has 1 aromatic carbocycles. The van der Waals surface area contributed by atoms with Crippen molar-refractivity contribution in [3.05, 3.63) is 53.0 Å². The molecule has 2 rings (SSSR count). The normalized spacial score (nSPS) is 13.3. The van der Waals surface area contributed by atoms with Crippen molar-refractivity contribution in [3.63, 3.8) is 0 Å². The fourth-order valence-electron chi connectivity index (χ4n) is 1.80. The van der Waals surface area contributed by atoms with Crippen LogP contribution in [0.25, 0.3) is 0 Å². The molecule has 0 saturated heterocycles. The van der Waals surface area contributed by atoms with Crippen molar-refractivity contribution in [3.8, 4) is 5.75 Å². The second kappa shape index (κ2) is 5.20. The molecule has 1 heterocycles. The van der Waals surface area contributed by atoms with Gasteiger partial charge in [0.25, 0.3) is 0 Å². The summed E-state index contributed by atoms with van der Waals surface area (Å²) in [7, 11) is 0. The first-order valence-corrected chi connectivity index (χ1v) is 5.94. The molecule has 108 valence electrons. The Hall–Kier alpha value is -1.95. The van der Waals surface area contributed by atoms with Crippen LogP contribution in [-0.2, 0) is 0 Å². The lowest BCUT2D eigenvalue weighted by atomic mass is 10.1. The molecule has 3 nitrogen and oxygen atoms in total. The zero-order chi connectivity index (χ0) is 14.9. The molecule has 0 bridgehead atoms. The summed E-state index contributed by atoms with van der Waals surface area (Å²) in [6.07, 6.45) is -4.70. The maximum Gasteiger partial charge on any atom is 0.573 e. The Morgan fingerprint density at radius 3 is 2.20 bits per heavy atom. The van der Waals surface area contributed by atoms with Gasteiger partial charge >= 0.3 is 6.36 Å². The van der Waals surface area contributed by atoms with Crippen molar-refractivity contribution in [2.24, 2.45) is 5.73 Å². The van der Waals surface area contributed by atoms with Gasteiger partial charge in [0.15, 0.2) is 0 Å². The lowest BCUT2D eigenvalue weighted by Crippen LogP contribution is -2.17. The van der Waals surface area contributed by atoms with Crippen LogP contribution in [0.1, 0.15) is 28.7 Å². The van der Waals surface area contributed by atoms with E-state index in [-0.39, 0.29) is 5.75 Å². The Bertz CT molecular complexity index is 568. The molecule has 2 N–H and O–H groups in total. The van der Waals surface area contributed by atoms with E-state index >= 15 is 0 Å². The number of aryl methyl sites for hydroxylation is 2. The highest BCUT2D eigenvalue weighted by Gasteiger charge is 2.31. The molecule has 0 aliphatic carbocycles. The van der Waals surface area contributed by atoms with Crippen LogP contribution in [0.3, 0.4) is 0 Å². The Labute approximate surface area is 114 Å². The van der Waals surface area contributed by atoms with Crippen molar-refractivity contribution in [2.75, 3.05) is 0 Å². The van der Waals surface area contributed by atoms with E-state index in [1.807, 2.05) is 19.9 Å². The van der Waals surface area contributed by atoms with Crippen LogP contribution in [0.5, 0.6) is 5.75 Å². The summed E-state index contributed by atoms with van der Waals surface area (Å²) < 4.78 is 45.5. The summed E-state index contributed by atoms with van der Waals surface area (Å²) in [5.74, 6) is 1.07. The zero-order valence-corrected chi connectivity index (χ0v) is 11.0. The Balaban J connectivity index is 2.17. The molecular formula is C14H14F3NO2. The number of furan rings is 1. The van der Waals surface area contributed by atoms with Gasteiger partial charge in [-0.3, -0.25) is 0 Å². The lowest BCUT2D eigenvalue weighted by molar-refractivity contribution is -0.274. The number of hydrogen-bond donors (Lipinski definition) is 1. The van der Waals surface area contributed by atoms with Crippen molar-refractivity contribution < 1.29 is 22.3 Å². The van der Waals surface area contributed by atoms with E-state index in [9.17, 15) is 13.2 Å². The van der Waals surface area contributed by atoms with Crippen molar-refractivity contribution in [1.82, 2.24) is 0 Å². The minimum absolute atomic E-state index is 0.278. The fourth-order valence-corrected chi connectivity index (χ4v) is 1.80. The summed E-state index contributed by atoms with van der Waals surface area (Å²) in [6.45, 7) is 3.72. The highest BCUT2D eigenvalue weighted by atomic mass is 19.4. The molecule has 0 aliphatic heterocycles. The highest BCUT2D eigenvalue weighted by Crippen LogP contribution is 2.27. The van der Waals surface area contributed by atoms with E-state index in [2.05, 4.69) is 4.74 Å². The molecule has 0 spiro atoms. The van der Waals surface area contributed by atoms with E-state index in [4.69, 9.17) is 10.2 Å². The summed E-state index contributed by atoms with van der Waals surface area (Å²) in [5, 5.41) is 0. The molecule has 0 saturated carbocycles. The third kappa shape index (κ3) is 3.33. The van der Waals surface area contributed by atoms with E-state index in [0.29, 0.717) is 11.3 Å². The van der Waals surface area contributed by atoms with Crippen LogP contribution >= 0.6 is 0 Å². The van der Waals surface area contributed by atoms with Gasteiger partial charge in [-0.2, -0.15) is 0 Å². The quantitative estimate of drug-likeness (QED) is 0.932. The molecule has 6 heteroatoms. The van der Waals surface area contributed by atoms with Gasteiger partial charge in [-0.05, 0) is 43.2 Å². The SMILES string of the molecule is Cc1cc([C@H](N)c2ccc(OC(F)(F)F)cc2)oc1C. The largest absolute Gasteiger partial charge is 0.573 e. The monoisotopic (exact) mass is 285 g/mol. The number of halogens is 3. The Morgan fingerprint density at radius 2 is 1.75 bits per heavy atom. The average Bonchev–Trinajstić information content (AvgIpc) is 2.68. The number of hydrogen-bond acceptors (Lipinski definition) is 3. The van der Waals surface area contributed by atoms with Crippen LogP contribution in [0.2, 0.25) is 0 Å². The molecule has 0 unspecified atom stereocenters. The Kier molecular flexibility index (Phi) is 3.76. The maximum absolute atomic E-state index is 12.1. The van der Waals surface area contributed by atoms with Crippen LogP contribution in [0, 0.1) is 13.8 Å². The predicted octanol–water partition coefficient (Wildman–Crippen LogP) is 3.84. The Morgan fingerprint density at radius 1 is 1.15 bits per heavy atom. The molecule has 2 aromatic rings. The molecular weight excluding hydrogens is 271 g/mol. The van der Waals surface area contributed by atoms with E-state index in [1.165, 1.54) is 24.3 Å². The second-order valence-corrected chi connectivity index (χ2v) is 4.48. The van der Waals surface area contributed by atoms with Gasteiger partial charge in [-0.1, -0.05) is 12.1 Å². The van der Waals surface area contributed by atoms with Gasteiger partial charge in [0.05, 0.1) is 6.04 Å². The number of ether oxygens (including phenoxy) is 1. The number of nitrogens with two attached hydrogens (primary N) is 1. The van der Waals surface area contributed by atoms with E-state index in [0.717, 1.165) is 11.3 Å². The number of benzene rings is 1. The lowest BCUT2D eigenvalue weighted by Gasteiger charge is -2.12. The molecule has 0 amide bonds. The third-order valence-corrected chi connectivity index (χ3v) is 2.96. The first-order chi connectivity index (χ1) is 9.26. The highest BCUT2D eigenvalue weighted by molar-refractivity contribution is 5.34. The summed E-state index contributed by atoms with van der Waals surface area (Å²) in [5.41, 5.74) is 7.64. The maximum atomic E-state index is 12.1. The molecule has 0 aliphatic rings. The van der Waals surface area contributed by atoms with Gasteiger partial charge in [0.1, 0.15) is 17.3 Å². The third-order valence-electron chi connectivity index (χ3n) is 2.96. The van der Waals surface area contributed by atoms with Crippen LogP contribution < -0.4 is 10.5 Å². The fraction of sp³-hybridized carbons (Fsp3) is 0.286. The summed E-state index contributed by atoms with van der Waals surface area (Å²) in [4.78, 5) is 0. The van der Waals surface area contributed by atoms with Gasteiger partial charge in [0.2, 0.25) is 0 Å². The van der Waals surface area contributed by atoms with Crippen LogP contribution in [-0.4, -0.2) is 6.36 Å². The molecule has 20 heavy (non-hydrogen) atoms. The van der Waals surface area contributed by atoms with E-state index < -0.39 is 12.4 Å². The van der Waals surface area contributed by atoms with Gasteiger partial charge in [0, 0.05) is 0 Å². The number of alkyl halides is 3. The van der Waals surface area contributed by atoms with Crippen molar-refractivity contribution in [1.29, 1.82) is 0 Å². The standard InChI is InChI=1S/C14H14F3NO2/c1-8-7-12(19-9(8)2)13(18)10-3-5-11(6-4-10)20-14(15,16)17/h3-7,13H,18H2,1-2H3/t13-/m1/s1. The first-order valence-electron chi connectivity index (χ1n) is 5.94.